The molecule has 150 valence electrons. The third kappa shape index (κ3) is 5.52. The number of carbonyl (C=O) groups is 2. The summed E-state index contributed by atoms with van der Waals surface area (Å²) in [6, 6.07) is 6.07. The lowest BCUT2D eigenvalue weighted by Crippen LogP contribution is -2.38. The van der Waals surface area contributed by atoms with E-state index in [1.807, 2.05) is 0 Å². The number of carboxylic acids is 1. The summed E-state index contributed by atoms with van der Waals surface area (Å²) in [5.41, 5.74) is 0.283. The molecule has 0 heterocycles. The Bertz CT molecular complexity index is 772. The highest BCUT2D eigenvalue weighted by molar-refractivity contribution is 7.89. The van der Waals surface area contributed by atoms with Crippen molar-refractivity contribution in [3.8, 4) is 0 Å². The van der Waals surface area contributed by atoms with Gasteiger partial charge in [-0.15, -0.1) is 0 Å². The van der Waals surface area contributed by atoms with E-state index in [1.54, 1.807) is 26.2 Å². The van der Waals surface area contributed by atoms with Gasteiger partial charge in [0.1, 0.15) is 0 Å². The van der Waals surface area contributed by atoms with E-state index in [1.165, 1.54) is 21.3 Å². The zero-order valence-electron chi connectivity index (χ0n) is 15.9. The van der Waals surface area contributed by atoms with Gasteiger partial charge >= 0.3 is 5.97 Å². The Morgan fingerprint density at radius 3 is 2.44 bits per heavy atom. The molecule has 0 unspecified atom stereocenters. The highest BCUT2D eigenvalue weighted by Gasteiger charge is 2.29. The standard InChI is InChI=1S/C19H28N2O5S/c1-20(13-7-12-18(22)23)19(24)15-8-6-11-17(14-15)27(25,26)21(2)16-9-4-3-5-10-16/h6,8,11,14,16H,3-5,7,9-10,12-13H2,1-2H3,(H,22,23). The van der Waals surface area contributed by atoms with E-state index < -0.39 is 16.0 Å². The summed E-state index contributed by atoms with van der Waals surface area (Å²) in [7, 11) is -0.472. The van der Waals surface area contributed by atoms with Crippen molar-refractivity contribution < 1.29 is 23.1 Å². The average molecular weight is 397 g/mol. The molecule has 0 spiro atoms. The quantitative estimate of drug-likeness (QED) is 0.729. The smallest absolute Gasteiger partial charge is 0.303 e. The fourth-order valence-corrected chi connectivity index (χ4v) is 4.85. The molecule has 1 fully saturated rings. The second-order valence-electron chi connectivity index (χ2n) is 7.06. The minimum absolute atomic E-state index is 0.00167. The summed E-state index contributed by atoms with van der Waals surface area (Å²) >= 11 is 0. The Morgan fingerprint density at radius 1 is 1.15 bits per heavy atom. The van der Waals surface area contributed by atoms with Gasteiger partial charge in [0, 0.05) is 38.7 Å². The lowest BCUT2D eigenvalue weighted by molar-refractivity contribution is -0.137. The zero-order valence-corrected chi connectivity index (χ0v) is 16.7. The Labute approximate surface area is 161 Å². The fourth-order valence-electron chi connectivity index (χ4n) is 3.39. The van der Waals surface area contributed by atoms with Crippen LogP contribution in [0.5, 0.6) is 0 Å². The third-order valence-corrected chi connectivity index (χ3v) is 6.98. The monoisotopic (exact) mass is 396 g/mol. The second kappa shape index (κ2) is 9.32. The van der Waals surface area contributed by atoms with E-state index >= 15 is 0 Å². The first-order valence-electron chi connectivity index (χ1n) is 9.29. The molecule has 0 saturated heterocycles. The van der Waals surface area contributed by atoms with Crippen molar-refractivity contribution in [2.24, 2.45) is 0 Å². The molecule has 0 atom stereocenters. The van der Waals surface area contributed by atoms with Crippen molar-refractivity contribution >= 4 is 21.9 Å². The van der Waals surface area contributed by atoms with Gasteiger partial charge in [-0.05, 0) is 37.5 Å². The molecule has 1 aliphatic rings. The van der Waals surface area contributed by atoms with Crippen LogP contribution >= 0.6 is 0 Å². The maximum Gasteiger partial charge on any atom is 0.303 e. The summed E-state index contributed by atoms with van der Waals surface area (Å²) in [6.45, 7) is 0.296. The van der Waals surface area contributed by atoms with Crippen molar-refractivity contribution in [3.63, 3.8) is 0 Å². The fraction of sp³-hybridized carbons (Fsp3) is 0.579. The van der Waals surface area contributed by atoms with Gasteiger partial charge in [-0.25, -0.2) is 8.42 Å². The van der Waals surface area contributed by atoms with Crippen LogP contribution in [0.4, 0.5) is 0 Å². The van der Waals surface area contributed by atoms with E-state index in [0.29, 0.717) is 13.0 Å². The lowest BCUT2D eigenvalue weighted by Gasteiger charge is -2.30. The van der Waals surface area contributed by atoms with Crippen LogP contribution < -0.4 is 0 Å². The largest absolute Gasteiger partial charge is 0.481 e. The molecule has 8 heteroatoms. The third-order valence-electron chi connectivity index (χ3n) is 5.08. The minimum atomic E-state index is -3.66. The highest BCUT2D eigenvalue weighted by Crippen LogP contribution is 2.26. The van der Waals surface area contributed by atoms with Crippen LogP contribution in [0.2, 0.25) is 0 Å². The number of carboxylic acid groups (broad SMARTS) is 1. The van der Waals surface area contributed by atoms with Gasteiger partial charge in [-0.3, -0.25) is 9.59 Å². The second-order valence-corrected chi connectivity index (χ2v) is 9.06. The van der Waals surface area contributed by atoms with Crippen molar-refractivity contribution in [2.75, 3.05) is 20.6 Å². The van der Waals surface area contributed by atoms with Crippen molar-refractivity contribution in [2.45, 2.75) is 55.9 Å². The Kier molecular flexibility index (Phi) is 7.38. The normalized spacial score (nSPS) is 15.7. The number of carbonyl (C=O) groups excluding carboxylic acids is 1. The number of rotatable bonds is 8. The van der Waals surface area contributed by atoms with Crippen molar-refractivity contribution in [1.29, 1.82) is 0 Å². The number of sulfonamides is 1. The van der Waals surface area contributed by atoms with Crippen LogP contribution in [0.3, 0.4) is 0 Å². The molecule has 0 bridgehead atoms. The lowest BCUT2D eigenvalue weighted by atomic mass is 9.96. The Balaban J connectivity index is 2.13. The van der Waals surface area contributed by atoms with Crippen LogP contribution in [0.1, 0.15) is 55.3 Å². The van der Waals surface area contributed by atoms with Gasteiger partial charge in [0.15, 0.2) is 0 Å². The van der Waals surface area contributed by atoms with E-state index in [9.17, 15) is 18.0 Å². The molecule has 1 aliphatic carbocycles. The molecular formula is C19H28N2O5S. The molecule has 1 saturated carbocycles. The van der Waals surface area contributed by atoms with Crippen LogP contribution in [-0.2, 0) is 14.8 Å². The Hall–Kier alpha value is -1.93. The van der Waals surface area contributed by atoms with E-state index in [0.717, 1.165) is 32.1 Å². The maximum absolute atomic E-state index is 13.0. The SMILES string of the molecule is CN(CCCC(=O)O)C(=O)c1cccc(S(=O)(=O)N(C)C2CCCCC2)c1. The van der Waals surface area contributed by atoms with Crippen LogP contribution in [0.15, 0.2) is 29.2 Å². The molecule has 0 radical (unpaired) electrons. The number of benzene rings is 1. The first kappa shape index (κ1) is 21.4. The molecule has 27 heavy (non-hydrogen) atoms. The average Bonchev–Trinajstić information content (AvgIpc) is 2.67. The molecule has 7 nitrogen and oxygen atoms in total. The summed E-state index contributed by atoms with van der Waals surface area (Å²) in [5.74, 6) is -1.23. The van der Waals surface area contributed by atoms with Gasteiger partial charge in [-0.2, -0.15) is 4.31 Å². The maximum atomic E-state index is 13.0. The number of hydrogen-bond donors (Lipinski definition) is 1. The van der Waals surface area contributed by atoms with Crippen LogP contribution in [0.25, 0.3) is 0 Å². The summed E-state index contributed by atoms with van der Waals surface area (Å²) in [5, 5.41) is 8.69. The summed E-state index contributed by atoms with van der Waals surface area (Å²) in [4.78, 5) is 24.7. The predicted octanol–water partition coefficient (Wildman–Crippen LogP) is 2.58. The number of hydrogen-bond acceptors (Lipinski definition) is 4. The summed E-state index contributed by atoms with van der Waals surface area (Å²) in [6.07, 6.45) is 5.26. The van der Waals surface area contributed by atoms with Crippen LogP contribution in [0, 0.1) is 0 Å². The van der Waals surface area contributed by atoms with Gasteiger partial charge in [0.05, 0.1) is 4.90 Å². The zero-order chi connectivity index (χ0) is 20.0. The van der Waals surface area contributed by atoms with Crippen molar-refractivity contribution in [3.05, 3.63) is 29.8 Å². The molecule has 1 aromatic carbocycles. The molecule has 0 aromatic heterocycles. The van der Waals surface area contributed by atoms with Crippen molar-refractivity contribution in [1.82, 2.24) is 9.21 Å². The Morgan fingerprint density at radius 2 is 1.81 bits per heavy atom. The highest BCUT2D eigenvalue weighted by atomic mass is 32.2. The van der Waals surface area contributed by atoms with E-state index in [4.69, 9.17) is 5.11 Å². The molecule has 1 N–H and O–H groups in total. The molecule has 1 aromatic rings. The van der Waals surface area contributed by atoms with Gasteiger partial charge in [0.2, 0.25) is 10.0 Å². The molecular weight excluding hydrogens is 368 g/mol. The molecule has 2 rings (SSSR count). The van der Waals surface area contributed by atoms with E-state index in [-0.39, 0.29) is 28.8 Å². The number of aliphatic carboxylic acids is 1. The number of amides is 1. The molecule has 0 aliphatic heterocycles. The predicted molar refractivity (Wildman–Crippen MR) is 102 cm³/mol. The first-order chi connectivity index (χ1) is 12.7. The molecule has 1 amide bonds. The van der Waals surface area contributed by atoms with Gasteiger partial charge < -0.3 is 10.0 Å². The van der Waals surface area contributed by atoms with Gasteiger partial charge in [-0.1, -0.05) is 25.3 Å². The topological polar surface area (TPSA) is 95.0 Å². The van der Waals surface area contributed by atoms with E-state index in [2.05, 4.69) is 0 Å². The number of nitrogens with zero attached hydrogens (tertiary/aromatic N) is 2. The van der Waals surface area contributed by atoms with Gasteiger partial charge in [0.25, 0.3) is 5.91 Å². The first-order valence-corrected chi connectivity index (χ1v) is 10.7. The minimum Gasteiger partial charge on any atom is -0.481 e. The summed E-state index contributed by atoms with van der Waals surface area (Å²) < 4.78 is 27.4. The van der Waals surface area contributed by atoms with Crippen LogP contribution in [-0.4, -0.2) is 61.3 Å².